The number of piperidine rings is 1. The number of nitrogens with zero attached hydrogens (tertiary/aromatic N) is 1. The third-order valence-electron chi connectivity index (χ3n) is 4.87. The van der Waals surface area contributed by atoms with Crippen LogP contribution in [-0.4, -0.2) is 34.5 Å². The lowest BCUT2D eigenvalue weighted by Gasteiger charge is -2.36. The van der Waals surface area contributed by atoms with E-state index in [1.807, 2.05) is 6.92 Å². The average Bonchev–Trinajstić information content (AvgIpc) is 2.62. The third-order valence-corrected chi connectivity index (χ3v) is 4.87. The molecule has 0 spiro atoms. The molecular weight excluding hydrogens is 340 g/mol. The maximum atomic E-state index is 14.6. The molecule has 1 amide bonds. The first-order chi connectivity index (χ1) is 12.4. The maximum absolute atomic E-state index is 14.6. The van der Waals surface area contributed by atoms with Crippen molar-refractivity contribution in [3.05, 3.63) is 59.7 Å². The number of rotatable bonds is 3. The van der Waals surface area contributed by atoms with E-state index in [0.717, 1.165) is 0 Å². The van der Waals surface area contributed by atoms with Gasteiger partial charge in [-0.25, -0.2) is 8.78 Å². The lowest BCUT2D eigenvalue weighted by atomic mass is 9.92. The Morgan fingerprint density at radius 2 is 1.69 bits per heavy atom. The predicted molar refractivity (Wildman–Crippen MR) is 92.7 cm³/mol. The lowest BCUT2D eigenvalue weighted by molar-refractivity contribution is -0.143. The van der Waals surface area contributed by atoms with Gasteiger partial charge in [0.1, 0.15) is 11.6 Å². The Hall–Kier alpha value is -2.76. The minimum atomic E-state index is -0.943. The highest BCUT2D eigenvalue weighted by atomic mass is 19.1. The zero-order chi connectivity index (χ0) is 18.8. The Morgan fingerprint density at radius 3 is 2.31 bits per heavy atom. The van der Waals surface area contributed by atoms with Crippen molar-refractivity contribution in [3.63, 3.8) is 0 Å². The van der Waals surface area contributed by atoms with Crippen molar-refractivity contribution in [1.82, 2.24) is 4.90 Å². The van der Waals surface area contributed by atoms with Crippen molar-refractivity contribution in [2.75, 3.05) is 6.54 Å². The van der Waals surface area contributed by atoms with Gasteiger partial charge < -0.3 is 10.0 Å². The number of carboxylic acid groups (broad SMARTS) is 1. The molecule has 2 aromatic rings. The molecule has 6 heteroatoms. The van der Waals surface area contributed by atoms with Crippen LogP contribution < -0.4 is 0 Å². The Labute approximate surface area is 150 Å². The summed E-state index contributed by atoms with van der Waals surface area (Å²) in [5.41, 5.74) is 1.09. The number of halogens is 2. The van der Waals surface area contributed by atoms with E-state index in [2.05, 4.69) is 0 Å². The molecule has 2 aromatic carbocycles. The molecule has 0 saturated carbocycles. The van der Waals surface area contributed by atoms with Crippen molar-refractivity contribution in [3.8, 4) is 11.1 Å². The molecule has 1 heterocycles. The standard InChI is InChI=1S/C20H19F2NO3/c1-12-2-3-15(20(25)26)11-23(12)19(24)17-9-6-14(10-18(17)22)13-4-7-16(21)8-5-13/h4-10,12,15H,2-3,11H2,1H3,(H,25,26). The van der Waals surface area contributed by atoms with Crippen LogP contribution in [0.1, 0.15) is 30.1 Å². The summed E-state index contributed by atoms with van der Waals surface area (Å²) in [5, 5.41) is 9.19. The molecule has 0 radical (unpaired) electrons. The van der Waals surface area contributed by atoms with Gasteiger partial charge in [0, 0.05) is 12.6 Å². The quantitative estimate of drug-likeness (QED) is 0.903. The summed E-state index contributed by atoms with van der Waals surface area (Å²) in [4.78, 5) is 25.4. The van der Waals surface area contributed by atoms with Crippen LogP contribution in [0.5, 0.6) is 0 Å². The number of carbonyl (C=O) groups excluding carboxylic acids is 1. The second-order valence-electron chi connectivity index (χ2n) is 6.62. The van der Waals surface area contributed by atoms with E-state index in [1.54, 1.807) is 6.07 Å². The largest absolute Gasteiger partial charge is 0.481 e. The first kappa shape index (κ1) is 18.0. The molecule has 1 N–H and O–H groups in total. The summed E-state index contributed by atoms with van der Waals surface area (Å²) in [6.07, 6.45) is 1.07. The fraction of sp³-hybridized carbons (Fsp3) is 0.300. The molecule has 1 aliphatic rings. The molecule has 0 aromatic heterocycles. The summed E-state index contributed by atoms with van der Waals surface area (Å²) >= 11 is 0. The number of amides is 1. The number of carbonyl (C=O) groups is 2. The van der Waals surface area contributed by atoms with Crippen molar-refractivity contribution in [2.24, 2.45) is 5.92 Å². The molecule has 136 valence electrons. The lowest BCUT2D eigenvalue weighted by Crippen LogP contribution is -2.47. The summed E-state index contributed by atoms with van der Waals surface area (Å²) in [7, 11) is 0. The van der Waals surface area contributed by atoms with Gasteiger partial charge in [0.15, 0.2) is 0 Å². The Morgan fingerprint density at radius 1 is 1.04 bits per heavy atom. The van der Waals surface area contributed by atoms with Crippen LogP contribution in [-0.2, 0) is 4.79 Å². The van der Waals surface area contributed by atoms with Crippen molar-refractivity contribution < 1.29 is 23.5 Å². The molecule has 3 rings (SSSR count). The van der Waals surface area contributed by atoms with Crippen molar-refractivity contribution in [2.45, 2.75) is 25.8 Å². The first-order valence-electron chi connectivity index (χ1n) is 8.46. The molecule has 1 saturated heterocycles. The monoisotopic (exact) mass is 359 g/mol. The van der Waals surface area contributed by atoms with Gasteiger partial charge in [-0.2, -0.15) is 0 Å². The number of carboxylic acids is 1. The highest BCUT2D eigenvalue weighted by molar-refractivity contribution is 5.95. The zero-order valence-electron chi connectivity index (χ0n) is 14.3. The van der Waals surface area contributed by atoms with E-state index in [4.69, 9.17) is 0 Å². The zero-order valence-corrected chi connectivity index (χ0v) is 14.3. The SMILES string of the molecule is CC1CCC(C(=O)O)CN1C(=O)c1ccc(-c2ccc(F)cc2)cc1F. The number of aliphatic carboxylic acids is 1. The normalized spacial score (nSPS) is 20.0. The third kappa shape index (κ3) is 3.59. The molecule has 0 bridgehead atoms. The first-order valence-corrected chi connectivity index (χ1v) is 8.46. The molecule has 4 nitrogen and oxygen atoms in total. The van der Waals surface area contributed by atoms with Crippen LogP contribution in [0.4, 0.5) is 8.78 Å². The molecule has 1 fully saturated rings. The van der Waals surface area contributed by atoms with Gasteiger partial charge in [0.2, 0.25) is 0 Å². The van der Waals surface area contributed by atoms with Crippen LogP contribution in [0.2, 0.25) is 0 Å². The molecule has 0 aliphatic carbocycles. The molecular formula is C20H19F2NO3. The van der Waals surface area contributed by atoms with Gasteiger partial charge in [-0.05, 0) is 55.2 Å². The summed E-state index contributed by atoms with van der Waals surface area (Å²) in [6, 6.07) is 9.74. The molecule has 1 aliphatic heterocycles. The van der Waals surface area contributed by atoms with E-state index in [1.165, 1.54) is 41.3 Å². The van der Waals surface area contributed by atoms with Crippen LogP contribution >= 0.6 is 0 Å². The average molecular weight is 359 g/mol. The van der Waals surface area contributed by atoms with Gasteiger partial charge in [-0.1, -0.05) is 18.2 Å². The second-order valence-corrected chi connectivity index (χ2v) is 6.62. The topological polar surface area (TPSA) is 57.6 Å². The maximum Gasteiger partial charge on any atom is 0.308 e. The van der Waals surface area contributed by atoms with Gasteiger partial charge in [0.25, 0.3) is 5.91 Å². The van der Waals surface area contributed by atoms with Gasteiger partial charge >= 0.3 is 5.97 Å². The molecule has 26 heavy (non-hydrogen) atoms. The van der Waals surface area contributed by atoms with Gasteiger partial charge in [-0.3, -0.25) is 9.59 Å². The van der Waals surface area contributed by atoms with E-state index in [9.17, 15) is 23.5 Å². The highest BCUT2D eigenvalue weighted by Gasteiger charge is 2.33. The Balaban J connectivity index is 1.85. The highest BCUT2D eigenvalue weighted by Crippen LogP contribution is 2.27. The predicted octanol–water partition coefficient (Wildman–Crippen LogP) is 3.96. The number of hydrogen-bond donors (Lipinski definition) is 1. The van der Waals surface area contributed by atoms with Gasteiger partial charge in [-0.15, -0.1) is 0 Å². The number of hydrogen-bond acceptors (Lipinski definition) is 2. The van der Waals surface area contributed by atoms with Crippen LogP contribution in [0.15, 0.2) is 42.5 Å². The summed E-state index contributed by atoms with van der Waals surface area (Å²) in [6.45, 7) is 1.91. The fourth-order valence-electron chi connectivity index (χ4n) is 3.26. The number of benzene rings is 2. The van der Waals surface area contributed by atoms with Crippen LogP contribution in [0.3, 0.4) is 0 Å². The van der Waals surface area contributed by atoms with E-state index in [0.29, 0.717) is 24.0 Å². The molecule has 2 unspecified atom stereocenters. The smallest absolute Gasteiger partial charge is 0.308 e. The van der Waals surface area contributed by atoms with Gasteiger partial charge in [0.05, 0.1) is 11.5 Å². The van der Waals surface area contributed by atoms with Crippen LogP contribution in [0, 0.1) is 17.6 Å². The minimum absolute atomic E-state index is 0.0779. The van der Waals surface area contributed by atoms with Crippen molar-refractivity contribution >= 4 is 11.9 Å². The van der Waals surface area contributed by atoms with Crippen molar-refractivity contribution in [1.29, 1.82) is 0 Å². The Bertz CT molecular complexity index is 835. The number of likely N-dealkylation sites (tertiary alicyclic amines) is 1. The Kier molecular flexibility index (Phi) is 5.02. The van der Waals surface area contributed by atoms with E-state index in [-0.39, 0.29) is 24.0 Å². The summed E-state index contributed by atoms with van der Waals surface area (Å²) in [5.74, 6) is -3.14. The fourth-order valence-corrected chi connectivity index (χ4v) is 3.26. The summed E-state index contributed by atoms with van der Waals surface area (Å²) < 4.78 is 27.6. The van der Waals surface area contributed by atoms with Crippen LogP contribution in [0.25, 0.3) is 11.1 Å². The molecule has 2 atom stereocenters. The van der Waals surface area contributed by atoms with E-state index >= 15 is 0 Å². The second kappa shape index (κ2) is 7.23. The van der Waals surface area contributed by atoms with E-state index < -0.39 is 23.6 Å². The minimum Gasteiger partial charge on any atom is -0.481 e.